The van der Waals surface area contributed by atoms with Crippen LogP contribution in [0.5, 0.6) is 0 Å². The van der Waals surface area contributed by atoms with Crippen LogP contribution in [0.3, 0.4) is 0 Å². The molecule has 1 rings (SSSR count). The number of hydrogen-bond acceptors (Lipinski definition) is 2. The number of carbonyl (C=O) groups excluding carboxylic acids is 1. The van der Waals surface area contributed by atoms with Crippen molar-refractivity contribution in [1.82, 2.24) is 0 Å². The highest BCUT2D eigenvalue weighted by Gasteiger charge is 2.47. The van der Waals surface area contributed by atoms with Crippen molar-refractivity contribution >= 4 is 5.78 Å². The number of hydrogen-bond donors (Lipinski definition) is 1. The lowest BCUT2D eigenvalue weighted by atomic mass is 9.83. The van der Waals surface area contributed by atoms with E-state index in [0.717, 1.165) is 6.92 Å². The summed E-state index contributed by atoms with van der Waals surface area (Å²) in [6.07, 6.45) is -11.3. The van der Waals surface area contributed by atoms with Crippen molar-refractivity contribution in [3.63, 3.8) is 0 Å². The van der Waals surface area contributed by atoms with Gasteiger partial charge in [-0.15, -0.1) is 0 Å². The van der Waals surface area contributed by atoms with E-state index in [-0.39, 0.29) is 12.2 Å². The van der Waals surface area contributed by atoms with Crippen molar-refractivity contribution in [3.05, 3.63) is 23.3 Å². The Balaban J connectivity index is 3.34. The largest absolute Gasteiger partial charge is 0.416 e. The number of alkyl halides is 6. The van der Waals surface area contributed by atoms with Gasteiger partial charge in [0.25, 0.3) is 0 Å². The molecule has 0 aromatic rings. The molecule has 0 aliphatic heterocycles. The van der Waals surface area contributed by atoms with Crippen molar-refractivity contribution in [2.24, 2.45) is 0 Å². The van der Waals surface area contributed by atoms with Crippen LogP contribution in [0.25, 0.3) is 0 Å². The van der Waals surface area contributed by atoms with Gasteiger partial charge in [-0.05, 0) is 19.1 Å². The van der Waals surface area contributed by atoms with Crippen LogP contribution in [0.4, 0.5) is 26.3 Å². The second kappa shape index (κ2) is 4.11. The first-order valence-corrected chi connectivity index (χ1v) is 4.67. The van der Waals surface area contributed by atoms with E-state index in [2.05, 4.69) is 0 Å². The first-order valence-electron chi connectivity index (χ1n) is 4.67. The SMILES string of the molecule is CC(=O)[C@@]1(O)C=C(C(F)(F)F)C=C(C(F)(F)F)C1. The molecule has 18 heavy (non-hydrogen) atoms. The van der Waals surface area contributed by atoms with Gasteiger partial charge in [0, 0.05) is 12.0 Å². The summed E-state index contributed by atoms with van der Waals surface area (Å²) in [6, 6.07) is 0. The minimum atomic E-state index is -5.07. The zero-order chi connectivity index (χ0) is 14.4. The van der Waals surface area contributed by atoms with Crippen molar-refractivity contribution in [2.45, 2.75) is 31.3 Å². The van der Waals surface area contributed by atoms with E-state index in [1.807, 2.05) is 0 Å². The van der Waals surface area contributed by atoms with Crippen LogP contribution in [-0.2, 0) is 4.79 Å². The number of aliphatic hydroxyl groups is 1. The molecule has 0 amide bonds. The molecular formula is C10H8F6O2. The van der Waals surface area contributed by atoms with E-state index < -0.39 is 41.3 Å². The molecule has 2 nitrogen and oxygen atoms in total. The van der Waals surface area contributed by atoms with Gasteiger partial charge in [-0.25, -0.2) is 0 Å². The van der Waals surface area contributed by atoms with Gasteiger partial charge < -0.3 is 5.11 Å². The maximum absolute atomic E-state index is 12.4. The Labute approximate surface area is 97.6 Å². The maximum atomic E-state index is 12.4. The summed E-state index contributed by atoms with van der Waals surface area (Å²) in [5.74, 6) is -1.18. The standard InChI is InChI=1S/C10H8F6O2/c1-5(17)8(18)3-6(9(11,12)13)2-7(4-8)10(14,15)16/h2-3,18H,4H2,1H3/t8-/m1/s1. The van der Waals surface area contributed by atoms with Crippen molar-refractivity contribution < 1.29 is 36.2 Å². The van der Waals surface area contributed by atoms with Gasteiger partial charge in [0.1, 0.15) is 5.60 Å². The van der Waals surface area contributed by atoms with Crippen LogP contribution in [-0.4, -0.2) is 28.8 Å². The molecule has 0 unspecified atom stereocenters. The first kappa shape index (κ1) is 14.7. The summed E-state index contributed by atoms with van der Waals surface area (Å²) in [7, 11) is 0. The zero-order valence-corrected chi connectivity index (χ0v) is 8.99. The summed E-state index contributed by atoms with van der Waals surface area (Å²) in [4.78, 5) is 11.0. The number of halogens is 6. The van der Waals surface area contributed by atoms with E-state index in [0.29, 0.717) is 0 Å². The summed E-state index contributed by atoms with van der Waals surface area (Å²) in [5, 5.41) is 9.55. The second-order valence-electron chi connectivity index (χ2n) is 3.92. The fraction of sp³-hybridized carbons (Fsp3) is 0.500. The molecule has 0 saturated carbocycles. The molecule has 0 bridgehead atoms. The molecule has 1 atom stereocenters. The summed E-state index contributed by atoms with van der Waals surface area (Å²) >= 11 is 0. The molecule has 0 heterocycles. The van der Waals surface area contributed by atoms with Gasteiger partial charge in [0.2, 0.25) is 0 Å². The molecule has 1 N–H and O–H groups in total. The van der Waals surface area contributed by atoms with E-state index in [9.17, 15) is 36.2 Å². The average Bonchev–Trinajstić information content (AvgIpc) is 2.13. The average molecular weight is 274 g/mol. The summed E-state index contributed by atoms with van der Waals surface area (Å²) in [5.41, 5.74) is -6.04. The normalized spacial score (nSPS) is 25.6. The molecular weight excluding hydrogens is 266 g/mol. The quantitative estimate of drug-likeness (QED) is 0.746. The lowest BCUT2D eigenvalue weighted by molar-refractivity contribution is -0.134. The molecule has 0 fully saturated rings. The number of ketones is 1. The van der Waals surface area contributed by atoms with Crippen LogP contribution in [0, 0.1) is 0 Å². The molecule has 0 spiro atoms. The molecule has 0 saturated heterocycles. The highest BCUT2D eigenvalue weighted by Crippen LogP contribution is 2.41. The molecule has 102 valence electrons. The van der Waals surface area contributed by atoms with Crippen LogP contribution >= 0.6 is 0 Å². The minimum absolute atomic E-state index is 0.0998. The third kappa shape index (κ3) is 2.92. The van der Waals surface area contributed by atoms with Crippen LogP contribution < -0.4 is 0 Å². The lowest BCUT2D eigenvalue weighted by Gasteiger charge is -2.29. The van der Waals surface area contributed by atoms with Crippen LogP contribution in [0.1, 0.15) is 13.3 Å². The number of allylic oxidation sites excluding steroid dienone is 2. The monoisotopic (exact) mass is 274 g/mol. The number of carbonyl (C=O) groups is 1. The molecule has 0 aromatic heterocycles. The van der Waals surface area contributed by atoms with Gasteiger partial charge in [-0.2, -0.15) is 26.3 Å². The van der Waals surface area contributed by atoms with Gasteiger partial charge in [0.15, 0.2) is 5.78 Å². The fourth-order valence-corrected chi connectivity index (χ4v) is 1.45. The lowest BCUT2D eigenvalue weighted by Crippen LogP contribution is -2.40. The summed E-state index contributed by atoms with van der Waals surface area (Å²) in [6.45, 7) is 0.726. The molecule has 1 aliphatic rings. The van der Waals surface area contributed by atoms with Crippen LogP contribution in [0.2, 0.25) is 0 Å². The Morgan fingerprint density at radius 3 is 2.06 bits per heavy atom. The van der Waals surface area contributed by atoms with E-state index in [4.69, 9.17) is 0 Å². The van der Waals surface area contributed by atoms with Gasteiger partial charge in [-0.3, -0.25) is 4.79 Å². The minimum Gasteiger partial charge on any atom is -0.378 e. The Morgan fingerprint density at radius 2 is 1.72 bits per heavy atom. The fourth-order valence-electron chi connectivity index (χ4n) is 1.45. The van der Waals surface area contributed by atoms with E-state index in [1.54, 1.807) is 0 Å². The summed E-state index contributed by atoms with van der Waals surface area (Å²) < 4.78 is 74.5. The van der Waals surface area contributed by atoms with Crippen molar-refractivity contribution in [3.8, 4) is 0 Å². The van der Waals surface area contributed by atoms with Gasteiger partial charge in [0.05, 0.1) is 5.57 Å². The Hall–Kier alpha value is -1.31. The van der Waals surface area contributed by atoms with Crippen LogP contribution in [0.15, 0.2) is 23.3 Å². The molecule has 0 radical (unpaired) electrons. The number of Topliss-reactive ketones (excluding diaryl/α,β-unsaturated/α-hetero) is 1. The predicted octanol–water partition coefficient (Wildman–Crippen LogP) is 2.69. The van der Waals surface area contributed by atoms with E-state index >= 15 is 0 Å². The highest BCUT2D eigenvalue weighted by molar-refractivity contribution is 5.88. The molecule has 8 heteroatoms. The Bertz CT molecular complexity index is 429. The first-order chi connectivity index (χ1) is 7.86. The Morgan fingerprint density at radius 1 is 1.22 bits per heavy atom. The van der Waals surface area contributed by atoms with Gasteiger partial charge in [-0.1, -0.05) is 0 Å². The second-order valence-corrected chi connectivity index (χ2v) is 3.92. The number of rotatable bonds is 1. The maximum Gasteiger partial charge on any atom is 0.416 e. The molecule has 0 aromatic carbocycles. The van der Waals surface area contributed by atoms with Crippen molar-refractivity contribution in [2.75, 3.05) is 0 Å². The van der Waals surface area contributed by atoms with Gasteiger partial charge >= 0.3 is 12.4 Å². The highest BCUT2D eigenvalue weighted by atomic mass is 19.4. The van der Waals surface area contributed by atoms with E-state index in [1.165, 1.54) is 0 Å². The smallest absolute Gasteiger partial charge is 0.378 e. The predicted molar refractivity (Wildman–Crippen MR) is 48.5 cm³/mol. The Kier molecular flexibility index (Phi) is 3.37. The van der Waals surface area contributed by atoms with Crippen molar-refractivity contribution in [1.29, 1.82) is 0 Å². The third-order valence-corrected chi connectivity index (χ3v) is 2.49. The zero-order valence-electron chi connectivity index (χ0n) is 8.99. The third-order valence-electron chi connectivity index (χ3n) is 2.49. The topological polar surface area (TPSA) is 37.3 Å². The molecule has 1 aliphatic carbocycles.